The largest absolute Gasteiger partial charge is 0.388 e. The van der Waals surface area contributed by atoms with Gasteiger partial charge in [-0.3, -0.25) is 9.59 Å². The minimum absolute atomic E-state index is 0.203. The summed E-state index contributed by atoms with van der Waals surface area (Å²) in [6.45, 7) is 3.89. The summed E-state index contributed by atoms with van der Waals surface area (Å²) in [6, 6.07) is 11.8. The number of rotatable bonds is 7. The van der Waals surface area contributed by atoms with Crippen LogP contribution in [0.25, 0.3) is 0 Å². The highest BCUT2D eigenvalue weighted by Gasteiger charge is 2.14. The maximum absolute atomic E-state index is 13.1. The Labute approximate surface area is 145 Å². The molecule has 5 nitrogen and oxygen atoms in total. The van der Waals surface area contributed by atoms with E-state index in [0.717, 1.165) is 0 Å². The SMILES string of the molecule is C=CCNC(=O)c1ccc(NC(=O)CC(O)c2cccc(F)c2)cc1. The summed E-state index contributed by atoms with van der Waals surface area (Å²) in [6.07, 6.45) is 0.279. The van der Waals surface area contributed by atoms with Crippen molar-refractivity contribution in [3.8, 4) is 0 Å². The number of hydrogen-bond acceptors (Lipinski definition) is 3. The Hall–Kier alpha value is -2.99. The number of anilines is 1. The number of halogens is 1. The van der Waals surface area contributed by atoms with Crippen LogP contribution in [0.3, 0.4) is 0 Å². The average molecular weight is 342 g/mol. The number of nitrogens with one attached hydrogen (secondary N) is 2. The number of hydrogen-bond donors (Lipinski definition) is 3. The second kappa shape index (κ2) is 8.75. The molecule has 2 rings (SSSR count). The van der Waals surface area contributed by atoms with Crippen LogP contribution in [0.5, 0.6) is 0 Å². The molecule has 3 N–H and O–H groups in total. The van der Waals surface area contributed by atoms with Crippen LogP contribution >= 0.6 is 0 Å². The third-order valence-electron chi connectivity index (χ3n) is 3.45. The Morgan fingerprint density at radius 1 is 1.20 bits per heavy atom. The third-order valence-corrected chi connectivity index (χ3v) is 3.45. The number of benzene rings is 2. The molecule has 0 spiro atoms. The van der Waals surface area contributed by atoms with Crippen LogP contribution in [-0.2, 0) is 4.79 Å². The molecular weight excluding hydrogens is 323 g/mol. The van der Waals surface area contributed by atoms with Gasteiger partial charge < -0.3 is 15.7 Å². The lowest BCUT2D eigenvalue weighted by atomic mass is 10.1. The summed E-state index contributed by atoms with van der Waals surface area (Å²) < 4.78 is 13.1. The van der Waals surface area contributed by atoms with Gasteiger partial charge in [-0.05, 0) is 42.0 Å². The van der Waals surface area contributed by atoms with E-state index in [-0.39, 0.29) is 12.3 Å². The zero-order valence-electron chi connectivity index (χ0n) is 13.5. The highest BCUT2D eigenvalue weighted by Crippen LogP contribution is 2.18. The first-order chi connectivity index (χ1) is 12.0. The smallest absolute Gasteiger partial charge is 0.251 e. The number of aliphatic hydroxyl groups is 1. The zero-order chi connectivity index (χ0) is 18.2. The van der Waals surface area contributed by atoms with E-state index in [2.05, 4.69) is 17.2 Å². The molecule has 130 valence electrons. The van der Waals surface area contributed by atoms with Crippen molar-refractivity contribution >= 4 is 17.5 Å². The Morgan fingerprint density at radius 3 is 2.56 bits per heavy atom. The van der Waals surface area contributed by atoms with Crippen molar-refractivity contribution in [2.24, 2.45) is 0 Å². The van der Waals surface area contributed by atoms with Crippen molar-refractivity contribution in [2.45, 2.75) is 12.5 Å². The van der Waals surface area contributed by atoms with Crippen molar-refractivity contribution in [1.82, 2.24) is 5.32 Å². The maximum Gasteiger partial charge on any atom is 0.251 e. The first-order valence-corrected chi connectivity index (χ1v) is 7.72. The quantitative estimate of drug-likeness (QED) is 0.677. The van der Waals surface area contributed by atoms with E-state index in [4.69, 9.17) is 0 Å². The summed E-state index contributed by atoms with van der Waals surface area (Å²) in [4.78, 5) is 23.7. The highest BCUT2D eigenvalue weighted by molar-refractivity contribution is 5.95. The minimum atomic E-state index is -1.10. The molecule has 25 heavy (non-hydrogen) atoms. The van der Waals surface area contributed by atoms with Crippen LogP contribution in [-0.4, -0.2) is 23.5 Å². The molecule has 0 aliphatic rings. The highest BCUT2D eigenvalue weighted by atomic mass is 19.1. The topological polar surface area (TPSA) is 78.4 Å². The first kappa shape index (κ1) is 18.4. The second-order valence-corrected chi connectivity index (χ2v) is 5.40. The molecule has 0 bridgehead atoms. The lowest BCUT2D eigenvalue weighted by molar-refractivity contribution is -0.118. The molecule has 2 amide bonds. The second-order valence-electron chi connectivity index (χ2n) is 5.40. The van der Waals surface area contributed by atoms with E-state index in [0.29, 0.717) is 23.4 Å². The Kier molecular flexibility index (Phi) is 6.42. The molecule has 0 radical (unpaired) electrons. The number of amides is 2. The molecule has 0 aliphatic carbocycles. The van der Waals surface area contributed by atoms with E-state index >= 15 is 0 Å². The molecule has 1 unspecified atom stereocenters. The molecule has 2 aromatic carbocycles. The van der Waals surface area contributed by atoms with Crippen molar-refractivity contribution in [2.75, 3.05) is 11.9 Å². The van der Waals surface area contributed by atoms with Crippen LogP contribution < -0.4 is 10.6 Å². The van der Waals surface area contributed by atoms with Gasteiger partial charge in [-0.15, -0.1) is 6.58 Å². The Morgan fingerprint density at radius 2 is 1.92 bits per heavy atom. The summed E-state index contributed by atoms with van der Waals surface area (Å²) in [7, 11) is 0. The number of aliphatic hydroxyl groups excluding tert-OH is 1. The Balaban J connectivity index is 1.92. The van der Waals surface area contributed by atoms with Crippen molar-refractivity contribution in [3.63, 3.8) is 0 Å². The summed E-state index contributed by atoms with van der Waals surface area (Å²) in [5.74, 6) is -1.12. The molecular formula is C19H19FN2O3. The fraction of sp³-hybridized carbons (Fsp3) is 0.158. The Bertz CT molecular complexity index is 760. The molecule has 0 aliphatic heterocycles. The van der Waals surface area contributed by atoms with Crippen LogP contribution in [0, 0.1) is 5.82 Å². The monoisotopic (exact) mass is 342 g/mol. The zero-order valence-corrected chi connectivity index (χ0v) is 13.5. The van der Waals surface area contributed by atoms with Crippen LogP contribution in [0.2, 0.25) is 0 Å². The summed E-state index contributed by atoms with van der Waals surface area (Å²) in [5, 5.41) is 15.3. The number of carbonyl (C=O) groups excluding carboxylic acids is 2. The maximum atomic E-state index is 13.1. The molecule has 6 heteroatoms. The van der Waals surface area contributed by atoms with E-state index < -0.39 is 17.8 Å². The van der Waals surface area contributed by atoms with Gasteiger partial charge in [0.2, 0.25) is 5.91 Å². The van der Waals surface area contributed by atoms with E-state index in [1.165, 1.54) is 18.2 Å². The van der Waals surface area contributed by atoms with E-state index in [1.54, 1.807) is 36.4 Å². The van der Waals surface area contributed by atoms with Gasteiger partial charge in [-0.2, -0.15) is 0 Å². The molecule has 0 saturated heterocycles. The summed E-state index contributed by atoms with van der Waals surface area (Å²) >= 11 is 0. The van der Waals surface area contributed by atoms with Gasteiger partial charge in [0, 0.05) is 17.8 Å². The van der Waals surface area contributed by atoms with Crippen molar-refractivity contribution < 1.29 is 19.1 Å². The molecule has 1 atom stereocenters. The van der Waals surface area contributed by atoms with Crippen molar-refractivity contribution in [3.05, 3.63) is 78.1 Å². The first-order valence-electron chi connectivity index (χ1n) is 7.72. The fourth-order valence-corrected chi connectivity index (χ4v) is 2.19. The molecule has 2 aromatic rings. The molecule has 0 heterocycles. The predicted octanol–water partition coefficient (Wildman–Crippen LogP) is 2.80. The van der Waals surface area contributed by atoms with Gasteiger partial charge in [0.15, 0.2) is 0 Å². The fourth-order valence-electron chi connectivity index (χ4n) is 2.19. The predicted molar refractivity (Wildman–Crippen MR) is 93.6 cm³/mol. The summed E-state index contributed by atoms with van der Waals surface area (Å²) in [5.41, 5.74) is 1.29. The van der Waals surface area contributed by atoms with E-state index in [9.17, 15) is 19.1 Å². The standard InChI is InChI=1S/C19H19FN2O3/c1-2-10-21-19(25)13-6-8-16(9-7-13)22-18(24)12-17(23)14-4-3-5-15(20)11-14/h2-9,11,17,23H,1,10,12H2,(H,21,25)(H,22,24). The lowest BCUT2D eigenvalue weighted by Crippen LogP contribution is -2.23. The van der Waals surface area contributed by atoms with Gasteiger partial charge in [-0.25, -0.2) is 4.39 Å². The van der Waals surface area contributed by atoms with Crippen LogP contribution in [0.15, 0.2) is 61.2 Å². The molecule has 0 saturated carbocycles. The molecule has 0 fully saturated rings. The van der Waals surface area contributed by atoms with Crippen molar-refractivity contribution in [1.29, 1.82) is 0 Å². The normalized spacial score (nSPS) is 11.4. The van der Waals surface area contributed by atoms with Gasteiger partial charge in [0.25, 0.3) is 5.91 Å². The van der Waals surface area contributed by atoms with Gasteiger partial charge in [0.1, 0.15) is 5.82 Å². The average Bonchev–Trinajstić information content (AvgIpc) is 2.60. The minimum Gasteiger partial charge on any atom is -0.388 e. The van der Waals surface area contributed by atoms with Gasteiger partial charge in [-0.1, -0.05) is 18.2 Å². The van der Waals surface area contributed by atoms with Gasteiger partial charge in [0.05, 0.1) is 12.5 Å². The van der Waals surface area contributed by atoms with Crippen LogP contribution in [0.4, 0.5) is 10.1 Å². The van der Waals surface area contributed by atoms with E-state index in [1.807, 2.05) is 0 Å². The van der Waals surface area contributed by atoms with Gasteiger partial charge >= 0.3 is 0 Å². The lowest BCUT2D eigenvalue weighted by Gasteiger charge is -2.12. The third kappa shape index (κ3) is 5.54. The number of carbonyl (C=O) groups is 2. The molecule has 0 aromatic heterocycles. The van der Waals surface area contributed by atoms with Crippen LogP contribution in [0.1, 0.15) is 28.4 Å².